The molecule has 0 unspecified atom stereocenters. The van der Waals surface area contributed by atoms with Gasteiger partial charge in [-0.15, -0.1) is 0 Å². The number of hydrogen-bond acceptors (Lipinski definition) is 3. The van der Waals surface area contributed by atoms with E-state index in [1.54, 1.807) is 6.20 Å². The lowest BCUT2D eigenvalue weighted by Crippen LogP contribution is -2.24. The minimum Gasteiger partial charge on any atom is -0.316 e. The molecule has 1 aromatic rings. The molecular formula is C11H22N4. The Morgan fingerprint density at radius 1 is 1.33 bits per heavy atom. The fourth-order valence-electron chi connectivity index (χ4n) is 1.34. The van der Waals surface area contributed by atoms with Crippen LogP contribution in [0, 0.1) is 5.92 Å². The van der Waals surface area contributed by atoms with E-state index in [0.717, 1.165) is 37.8 Å². The van der Waals surface area contributed by atoms with Gasteiger partial charge in [0.25, 0.3) is 0 Å². The number of hydrogen-bond donors (Lipinski definition) is 3. The molecule has 15 heavy (non-hydrogen) atoms. The summed E-state index contributed by atoms with van der Waals surface area (Å²) in [4.78, 5) is 0. The van der Waals surface area contributed by atoms with Gasteiger partial charge in [0, 0.05) is 18.4 Å². The highest BCUT2D eigenvalue weighted by Gasteiger charge is 1.94. The Morgan fingerprint density at radius 2 is 2.13 bits per heavy atom. The van der Waals surface area contributed by atoms with Gasteiger partial charge in [-0.2, -0.15) is 5.10 Å². The predicted molar refractivity (Wildman–Crippen MR) is 62.6 cm³/mol. The number of aromatic nitrogens is 2. The van der Waals surface area contributed by atoms with E-state index in [0.29, 0.717) is 0 Å². The fourth-order valence-corrected chi connectivity index (χ4v) is 1.34. The predicted octanol–water partition coefficient (Wildman–Crippen LogP) is 1.13. The van der Waals surface area contributed by atoms with Gasteiger partial charge in [0.1, 0.15) is 0 Å². The molecule has 0 bridgehead atoms. The molecule has 0 aliphatic carbocycles. The third kappa shape index (κ3) is 6.25. The summed E-state index contributed by atoms with van der Waals surface area (Å²) in [5, 5.41) is 13.6. The highest BCUT2D eigenvalue weighted by atomic mass is 15.1. The van der Waals surface area contributed by atoms with Crippen molar-refractivity contribution >= 4 is 0 Å². The highest BCUT2D eigenvalue weighted by molar-refractivity contribution is 4.96. The average Bonchev–Trinajstić information content (AvgIpc) is 2.68. The summed E-state index contributed by atoms with van der Waals surface area (Å²) in [6.07, 6.45) is 2.95. The number of aromatic amines is 1. The molecule has 0 saturated heterocycles. The van der Waals surface area contributed by atoms with Gasteiger partial charge in [0.2, 0.25) is 0 Å². The normalized spacial score (nSPS) is 11.1. The summed E-state index contributed by atoms with van der Waals surface area (Å²) in [6, 6.07) is 1.99. The zero-order chi connectivity index (χ0) is 10.9. The van der Waals surface area contributed by atoms with E-state index in [4.69, 9.17) is 0 Å². The summed E-state index contributed by atoms with van der Waals surface area (Å²) in [7, 11) is 0. The molecule has 1 aromatic heterocycles. The first-order chi connectivity index (χ1) is 7.29. The average molecular weight is 210 g/mol. The molecule has 4 heteroatoms. The fraction of sp³-hybridized carbons (Fsp3) is 0.727. The molecule has 0 aromatic carbocycles. The molecule has 4 nitrogen and oxygen atoms in total. The van der Waals surface area contributed by atoms with Crippen LogP contribution in [0.25, 0.3) is 0 Å². The van der Waals surface area contributed by atoms with Crippen molar-refractivity contribution in [1.29, 1.82) is 0 Å². The lowest BCUT2D eigenvalue weighted by molar-refractivity contribution is 0.529. The van der Waals surface area contributed by atoms with Crippen LogP contribution in [0.15, 0.2) is 12.3 Å². The summed E-state index contributed by atoms with van der Waals surface area (Å²) in [5.74, 6) is 0.739. The molecule has 0 spiro atoms. The van der Waals surface area contributed by atoms with Crippen LogP contribution < -0.4 is 10.6 Å². The Kier molecular flexibility index (Phi) is 6.04. The molecular weight excluding hydrogens is 188 g/mol. The van der Waals surface area contributed by atoms with Crippen LogP contribution in [0.3, 0.4) is 0 Å². The van der Waals surface area contributed by atoms with Crippen molar-refractivity contribution in [3.05, 3.63) is 18.0 Å². The standard InChI is InChI=1S/C11H22N4/c1-10(2)8-12-5-3-6-13-9-11-4-7-14-15-11/h4,7,10,12-13H,3,5-6,8-9H2,1-2H3,(H,14,15). The van der Waals surface area contributed by atoms with E-state index >= 15 is 0 Å². The second-order valence-electron chi connectivity index (χ2n) is 4.21. The van der Waals surface area contributed by atoms with E-state index in [2.05, 4.69) is 34.7 Å². The Labute approximate surface area is 91.8 Å². The van der Waals surface area contributed by atoms with Crippen LogP contribution in [0.5, 0.6) is 0 Å². The van der Waals surface area contributed by atoms with Crippen molar-refractivity contribution in [3.8, 4) is 0 Å². The van der Waals surface area contributed by atoms with E-state index in [9.17, 15) is 0 Å². The molecule has 1 rings (SSSR count). The minimum absolute atomic E-state index is 0.739. The Morgan fingerprint density at radius 3 is 2.80 bits per heavy atom. The maximum atomic E-state index is 3.89. The summed E-state index contributed by atoms with van der Waals surface area (Å²) >= 11 is 0. The van der Waals surface area contributed by atoms with Crippen molar-refractivity contribution in [3.63, 3.8) is 0 Å². The van der Waals surface area contributed by atoms with Crippen molar-refractivity contribution in [2.75, 3.05) is 19.6 Å². The second-order valence-corrected chi connectivity index (χ2v) is 4.21. The van der Waals surface area contributed by atoms with Crippen molar-refractivity contribution in [2.45, 2.75) is 26.8 Å². The molecule has 3 N–H and O–H groups in total. The molecule has 0 atom stereocenters. The number of nitrogens with one attached hydrogen (secondary N) is 3. The van der Waals surface area contributed by atoms with Crippen LogP contribution in [-0.2, 0) is 6.54 Å². The first-order valence-electron chi connectivity index (χ1n) is 5.68. The number of rotatable bonds is 8. The third-order valence-corrected chi connectivity index (χ3v) is 2.13. The van der Waals surface area contributed by atoms with Gasteiger partial charge in [-0.05, 0) is 38.0 Å². The van der Waals surface area contributed by atoms with Gasteiger partial charge in [-0.3, -0.25) is 5.10 Å². The van der Waals surface area contributed by atoms with Gasteiger partial charge in [-0.25, -0.2) is 0 Å². The number of H-pyrrole nitrogens is 1. The SMILES string of the molecule is CC(C)CNCCCNCc1ccn[nH]1. The largest absolute Gasteiger partial charge is 0.316 e. The van der Waals surface area contributed by atoms with E-state index in [1.165, 1.54) is 6.42 Å². The van der Waals surface area contributed by atoms with Gasteiger partial charge in [0.15, 0.2) is 0 Å². The molecule has 0 aliphatic heterocycles. The molecule has 0 aliphatic rings. The summed E-state index contributed by atoms with van der Waals surface area (Å²) in [6.45, 7) is 8.58. The molecule has 0 fully saturated rings. The second kappa shape index (κ2) is 7.43. The smallest absolute Gasteiger partial charge is 0.0490 e. The van der Waals surface area contributed by atoms with Gasteiger partial charge < -0.3 is 10.6 Å². The number of nitrogens with zero attached hydrogens (tertiary/aromatic N) is 1. The molecule has 1 heterocycles. The van der Waals surface area contributed by atoms with Crippen molar-refractivity contribution < 1.29 is 0 Å². The Balaban J connectivity index is 1.85. The maximum absolute atomic E-state index is 3.89. The lowest BCUT2D eigenvalue weighted by atomic mass is 10.2. The zero-order valence-electron chi connectivity index (χ0n) is 9.71. The Hall–Kier alpha value is -0.870. The monoisotopic (exact) mass is 210 g/mol. The van der Waals surface area contributed by atoms with Crippen LogP contribution in [0.2, 0.25) is 0 Å². The van der Waals surface area contributed by atoms with E-state index in [1.807, 2.05) is 6.07 Å². The summed E-state index contributed by atoms with van der Waals surface area (Å²) < 4.78 is 0. The summed E-state index contributed by atoms with van der Waals surface area (Å²) in [5.41, 5.74) is 1.14. The molecule has 86 valence electrons. The van der Waals surface area contributed by atoms with Crippen LogP contribution >= 0.6 is 0 Å². The maximum Gasteiger partial charge on any atom is 0.0490 e. The molecule has 0 saturated carbocycles. The molecule has 0 amide bonds. The third-order valence-electron chi connectivity index (χ3n) is 2.13. The van der Waals surface area contributed by atoms with Crippen LogP contribution in [-0.4, -0.2) is 29.8 Å². The van der Waals surface area contributed by atoms with Crippen molar-refractivity contribution in [2.24, 2.45) is 5.92 Å². The van der Waals surface area contributed by atoms with Gasteiger partial charge >= 0.3 is 0 Å². The van der Waals surface area contributed by atoms with E-state index in [-0.39, 0.29) is 0 Å². The van der Waals surface area contributed by atoms with Gasteiger partial charge in [-0.1, -0.05) is 13.8 Å². The lowest BCUT2D eigenvalue weighted by Gasteiger charge is -2.07. The Bertz CT molecular complexity index is 231. The van der Waals surface area contributed by atoms with Gasteiger partial charge in [0.05, 0.1) is 0 Å². The zero-order valence-corrected chi connectivity index (χ0v) is 9.71. The quantitative estimate of drug-likeness (QED) is 0.564. The first-order valence-corrected chi connectivity index (χ1v) is 5.68. The highest BCUT2D eigenvalue weighted by Crippen LogP contribution is 1.90. The van der Waals surface area contributed by atoms with Crippen LogP contribution in [0.1, 0.15) is 26.0 Å². The topological polar surface area (TPSA) is 52.7 Å². The van der Waals surface area contributed by atoms with Crippen LogP contribution in [0.4, 0.5) is 0 Å². The minimum atomic E-state index is 0.739. The van der Waals surface area contributed by atoms with E-state index < -0.39 is 0 Å². The molecule has 0 radical (unpaired) electrons. The van der Waals surface area contributed by atoms with Crippen molar-refractivity contribution in [1.82, 2.24) is 20.8 Å². The first kappa shape index (κ1) is 12.2.